The van der Waals surface area contributed by atoms with Crippen molar-refractivity contribution in [3.05, 3.63) is 72.6 Å². The molecule has 0 atom stereocenters. The first-order valence-electron chi connectivity index (χ1n) is 10.1. The number of aromatic nitrogens is 2. The number of nitrogens with zero attached hydrogens (tertiary/aromatic N) is 3. The Bertz CT molecular complexity index is 931. The van der Waals surface area contributed by atoms with E-state index >= 15 is 0 Å². The minimum absolute atomic E-state index is 0. The summed E-state index contributed by atoms with van der Waals surface area (Å²) in [6.45, 7) is 4.65. The number of ether oxygens (including phenoxy) is 2. The second kappa shape index (κ2) is 13.7. The van der Waals surface area contributed by atoms with E-state index in [2.05, 4.69) is 21.8 Å². The maximum Gasteiger partial charge on any atom is 0.196 e. The Morgan fingerprint density at radius 3 is 2.74 bits per heavy atom. The van der Waals surface area contributed by atoms with Crippen molar-refractivity contribution in [1.29, 1.82) is 0 Å². The van der Waals surface area contributed by atoms with Gasteiger partial charge in [-0.1, -0.05) is 24.3 Å². The molecule has 0 aliphatic carbocycles. The molecule has 31 heavy (non-hydrogen) atoms. The lowest BCUT2D eigenvalue weighted by atomic mass is 10.2. The molecule has 1 aromatic heterocycles. The van der Waals surface area contributed by atoms with Crippen LogP contribution in [0.1, 0.15) is 18.9 Å². The Hall–Kier alpha value is -2.59. The molecular formula is C23H30IN5O2. The van der Waals surface area contributed by atoms with Gasteiger partial charge in [0.15, 0.2) is 5.96 Å². The topological polar surface area (TPSA) is 72.7 Å². The Morgan fingerprint density at radius 2 is 1.97 bits per heavy atom. The average molecular weight is 535 g/mol. The van der Waals surface area contributed by atoms with Crippen LogP contribution in [0.4, 0.5) is 5.69 Å². The maximum atomic E-state index is 5.79. The lowest BCUT2D eigenvalue weighted by Crippen LogP contribution is -2.30. The number of benzene rings is 2. The highest BCUT2D eigenvalue weighted by atomic mass is 127. The molecule has 0 aliphatic rings. The fraction of sp³-hybridized carbons (Fsp3) is 0.304. The predicted octanol–water partition coefficient (Wildman–Crippen LogP) is 4.48. The SMILES string of the molecule is CCNC(=NCc1ccccc1-n1cccn1)Nc1cccc(OCCCOC)c1.I. The van der Waals surface area contributed by atoms with Gasteiger partial charge in [-0.15, -0.1) is 24.0 Å². The molecule has 1 heterocycles. The van der Waals surface area contributed by atoms with Crippen LogP contribution < -0.4 is 15.4 Å². The highest BCUT2D eigenvalue weighted by Gasteiger charge is 2.06. The quantitative estimate of drug-likeness (QED) is 0.173. The third-order valence-corrected chi connectivity index (χ3v) is 4.35. The van der Waals surface area contributed by atoms with Crippen molar-refractivity contribution in [3.8, 4) is 11.4 Å². The number of hydrogen-bond donors (Lipinski definition) is 2. The number of hydrogen-bond acceptors (Lipinski definition) is 4. The largest absolute Gasteiger partial charge is 0.493 e. The summed E-state index contributed by atoms with van der Waals surface area (Å²) < 4.78 is 12.7. The van der Waals surface area contributed by atoms with Crippen LogP contribution in [0, 0.1) is 0 Å². The monoisotopic (exact) mass is 535 g/mol. The van der Waals surface area contributed by atoms with Gasteiger partial charge in [0.25, 0.3) is 0 Å². The number of aliphatic imine (C=N–C) groups is 1. The molecule has 0 amide bonds. The molecule has 0 aliphatic heterocycles. The Kier molecular flexibility index (Phi) is 10.9. The molecule has 166 valence electrons. The zero-order chi connectivity index (χ0) is 21.0. The van der Waals surface area contributed by atoms with Crippen LogP contribution >= 0.6 is 24.0 Å². The summed E-state index contributed by atoms with van der Waals surface area (Å²) in [4.78, 5) is 4.76. The van der Waals surface area contributed by atoms with E-state index in [0.717, 1.165) is 35.7 Å². The van der Waals surface area contributed by atoms with Crippen LogP contribution in [-0.2, 0) is 11.3 Å². The van der Waals surface area contributed by atoms with Gasteiger partial charge in [0.1, 0.15) is 5.75 Å². The van der Waals surface area contributed by atoms with Gasteiger partial charge in [-0.05, 0) is 36.8 Å². The molecule has 0 fully saturated rings. The van der Waals surface area contributed by atoms with Gasteiger partial charge in [0, 0.05) is 50.8 Å². The van der Waals surface area contributed by atoms with E-state index in [0.29, 0.717) is 25.7 Å². The minimum atomic E-state index is 0. The standard InChI is InChI=1S/C23H29N5O2.HI/c1-3-24-23(27-20-10-6-11-21(17-20)30-16-8-15-29-2)25-18-19-9-4-5-12-22(19)28-14-7-13-26-28;/h4-7,9-14,17H,3,8,15-16,18H2,1-2H3,(H2,24,25,27);1H. The molecule has 7 nitrogen and oxygen atoms in total. The zero-order valence-electron chi connectivity index (χ0n) is 18.0. The number of rotatable bonds is 10. The van der Waals surface area contributed by atoms with Crippen LogP contribution in [-0.4, -0.2) is 42.6 Å². The van der Waals surface area contributed by atoms with Crippen molar-refractivity contribution in [2.75, 3.05) is 32.2 Å². The van der Waals surface area contributed by atoms with Crippen molar-refractivity contribution in [2.45, 2.75) is 19.9 Å². The zero-order valence-corrected chi connectivity index (χ0v) is 20.3. The fourth-order valence-corrected chi connectivity index (χ4v) is 2.94. The molecule has 0 spiro atoms. The van der Waals surface area contributed by atoms with E-state index in [1.54, 1.807) is 13.3 Å². The molecule has 3 aromatic rings. The maximum absolute atomic E-state index is 5.79. The molecule has 0 bridgehead atoms. The highest BCUT2D eigenvalue weighted by Crippen LogP contribution is 2.18. The van der Waals surface area contributed by atoms with Crippen LogP contribution in [0.15, 0.2) is 72.0 Å². The molecule has 8 heteroatoms. The lowest BCUT2D eigenvalue weighted by molar-refractivity contribution is 0.172. The number of guanidine groups is 1. The molecule has 2 aromatic carbocycles. The average Bonchev–Trinajstić information content (AvgIpc) is 3.31. The number of para-hydroxylation sites is 1. The van der Waals surface area contributed by atoms with Crippen LogP contribution in [0.5, 0.6) is 5.75 Å². The number of nitrogens with one attached hydrogen (secondary N) is 2. The van der Waals surface area contributed by atoms with Crippen LogP contribution in [0.25, 0.3) is 5.69 Å². The van der Waals surface area contributed by atoms with Crippen LogP contribution in [0.2, 0.25) is 0 Å². The van der Waals surface area contributed by atoms with Gasteiger partial charge in [0.2, 0.25) is 0 Å². The molecule has 0 saturated carbocycles. The van der Waals surface area contributed by atoms with Crippen molar-refractivity contribution in [1.82, 2.24) is 15.1 Å². The summed E-state index contributed by atoms with van der Waals surface area (Å²) in [6.07, 6.45) is 4.56. The summed E-state index contributed by atoms with van der Waals surface area (Å²) in [5, 5.41) is 11.0. The minimum Gasteiger partial charge on any atom is -0.493 e. The molecular weight excluding hydrogens is 505 g/mol. The number of methoxy groups -OCH3 is 1. The summed E-state index contributed by atoms with van der Waals surface area (Å²) >= 11 is 0. The Labute approximate surface area is 200 Å². The van der Waals surface area contributed by atoms with Gasteiger partial charge in [-0.3, -0.25) is 0 Å². The predicted molar refractivity (Wildman–Crippen MR) is 136 cm³/mol. The molecule has 0 unspecified atom stereocenters. The van der Waals surface area contributed by atoms with Crippen molar-refractivity contribution < 1.29 is 9.47 Å². The second-order valence-corrected chi connectivity index (χ2v) is 6.62. The summed E-state index contributed by atoms with van der Waals surface area (Å²) in [7, 11) is 1.69. The van der Waals surface area contributed by atoms with Gasteiger partial charge in [-0.25, -0.2) is 9.67 Å². The first kappa shape index (κ1) is 24.7. The third kappa shape index (κ3) is 7.87. The van der Waals surface area contributed by atoms with E-state index in [1.807, 2.05) is 66.3 Å². The Morgan fingerprint density at radius 1 is 1.10 bits per heavy atom. The second-order valence-electron chi connectivity index (χ2n) is 6.62. The van der Waals surface area contributed by atoms with Crippen molar-refractivity contribution in [2.24, 2.45) is 4.99 Å². The highest BCUT2D eigenvalue weighted by molar-refractivity contribution is 14.0. The molecule has 2 N–H and O–H groups in total. The van der Waals surface area contributed by atoms with E-state index in [9.17, 15) is 0 Å². The summed E-state index contributed by atoms with van der Waals surface area (Å²) in [5.41, 5.74) is 3.03. The molecule has 3 rings (SSSR count). The number of anilines is 1. The third-order valence-electron chi connectivity index (χ3n) is 4.35. The van der Waals surface area contributed by atoms with E-state index in [1.165, 1.54) is 0 Å². The Balaban J connectivity index is 0.00000341. The van der Waals surface area contributed by atoms with Gasteiger partial charge in [0.05, 0.1) is 18.8 Å². The van der Waals surface area contributed by atoms with E-state index < -0.39 is 0 Å². The number of halogens is 1. The van der Waals surface area contributed by atoms with Crippen LogP contribution in [0.3, 0.4) is 0 Å². The first-order valence-corrected chi connectivity index (χ1v) is 10.1. The first-order chi connectivity index (χ1) is 14.8. The van der Waals surface area contributed by atoms with E-state index in [4.69, 9.17) is 14.5 Å². The smallest absolute Gasteiger partial charge is 0.196 e. The van der Waals surface area contributed by atoms with Gasteiger partial charge in [-0.2, -0.15) is 5.10 Å². The summed E-state index contributed by atoms with van der Waals surface area (Å²) in [5.74, 6) is 1.53. The fourth-order valence-electron chi connectivity index (χ4n) is 2.94. The normalized spacial score (nSPS) is 11.0. The van der Waals surface area contributed by atoms with E-state index in [-0.39, 0.29) is 24.0 Å². The van der Waals surface area contributed by atoms with Gasteiger partial charge >= 0.3 is 0 Å². The molecule has 0 radical (unpaired) electrons. The van der Waals surface area contributed by atoms with Crippen molar-refractivity contribution >= 4 is 35.6 Å². The van der Waals surface area contributed by atoms with Crippen molar-refractivity contribution in [3.63, 3.8) is 0 Å². The summed E-state index contributed by atoms with van der Waals surface area (Å²) in [6, 6.07) is 17.9. The molecule has 0 saturated heterocycles. The lowest BCUT2D eigenvalue weighted by Gasteiger charge is -2.14. The van der Waals surface area contributed by atoms with Gasteiger partial charge < -0.3 is 20.1 Å².